The number of nitrogens with zero attached hydrogens (tertiary/aromatic N) is 1. The van der Waals surface area contributed by atoms with Crippen LogP contribution < -0.4 is 0 Å². The molecule has 1 saturated heterocycles. The summed E-state index contributed by atoms with van der Waals surface area (Å²) in [5.41, 5.74) is 0.237. The van der Waals surface area contributed by atoms with Gasteiger partial charge in [0.2, 0.25) is 0 Å². The van der Waals surface area contributed by atoms with Crippen molar-refractivity contribution in [1.29, 1.82) is 0 Å². The van der Waals surface area contributed by atoms with E-state index in [0.717, 1.165) is 31.4 Å². The maximum Gasteiger partial charge on any atom is 0.321 e. The van der Waals surface area contributed by atoms with Gasteiger partial charge in [0.05, 0.1) is 0 Å². The van der Waals surface area contributed by atoms with E-state index < -0.39 is 29.7 Å². The Morgan fingerprint density at radius 2 is 2.14 bits per heavy atom. The van der Waals surface area contributed by atoms with Crippen molar-refractivity contribution in [2.45, 2.75) is 38.3 Å². The third kappa shape index (κ3) is 2.44. The normalized spacial score (nSPS) is 30.3. The molecule has 2 fully saturated rings. The molecule has 1 aliphatic heterocycles. The van der Waals surface area contributed by atoms with Crippen LogP contribution in [0.3, 0.4) is 0 Å². The number of fused-ring (bicyclic) bond motifs is 1. The van der Waals surface area contributed by atoms with E-state index in [0.29, 0.717) is 12.5 Å². The van der Waals surface area contributed by atoms with Crippen LogP contribution in [-0.4, -0.2) is 28.6 Å². The first-order valence-electron chi connectivity index (χ1n) is 7.42. The SMILES string of the molecule is CC(c1cc(F)ccc1F)N1CC2CCCC2C1C(=O)O. The summed E-state index contributed by atoms with van der Waals surface area (Å²) < 4.78 is 27.3. The van der Waals surface area contributed by atoms with Gasteiger partial charge in [0, 0.05) is 18.2 Å². The molecule has 1 saturated carbocycles. The van der Waals surface area contributed by atoms with Crippen LogP contribution in [0.25, 0.3) is 0 Å². The van der Waals surface area contributed by atoms with Crippen LogP contribution in [0.2, 0.25) is 0 Å². The Labute approximate surface area is 122 Å². The number of hydrogen-bond donors (Lipinski definition) is 1. The van der Waals surface area contributed by atoms with Gasteiger partial charge >= 0.3 is 5.97 Å². The fraction of sp³-hybridized carbons (Fsp3) is 0.562. The number of likely N-dealkylation sites (tertiary alicyclic amines) is 1. The molecule has 0 spiro atoms. The predicted octanol–water partition coefficient (Wildman–Crippen LogP) is 3.21. The molecule has 21 heavy (non-hydrogen) atoms. The van der Waals surface area contributed by atoms with Gasteiger partial charge in [0.15, 0.2) is 0 Å². The number of hydrogen-bond acceptors (Lipinski definition) is 2. The second-order valence-corrected chi connectivity index (χ2v) is 6.18. The summed E-state index contributed by atoms with van der Waals surface area (Å²) in [6.07, 6.45) is 3.01. The molecule has 0 radical (unpaired) electrons. The van der Waals surface area contributed by atoms with Crippen molar-refractivity contribution < 1.29 is 18.7 Å². The zero-order valence-corrected chi connectivity index (χ0v) is 11.9. The number of halogens is 2. The van der Waals surface area contributed by atoms with Gasteiger partial charge in [-0.05, 0) is 49.8 Å². The molecule has 1 aliphatic carbocycles. The maximum atomic E-state index is 14.0. The van der Waals surface area contributed by atoms with Crippen molar-refractivity contribution in [1.82, 2.24) is 4.90 Å². The molecule has 1 aromatic rings. The highest BCUT2D eigenvalue weighted by molar-refractivity contribution is 5.74. The van der Waals surface area contributed by atoms with Gasteiger partial charge < -0.3 is 5.11 Å². The molecule has 0 bridgehead atoms. The number of rotatable bonds is 3. The minimum absolute atomic E-state index is 0.140. The van der Waals surface area contributed by atoms with Crippen molar-refractivity contribution >= 4 is 5.97 Å². The second-order valence-electron chi connectivity index (χ2n) is 6.18. The van der Waals surface area contributed by atoms with Crippen molar-refractivity contribution in [2.24, 2.45) is 11.8 Å². The zero-order valence-electron chi connectivity index (χ0n) is 11.9. The van der Waals surface area contributed by atoms with Gasteiger partial charge in [0.25, 0.3) is 0 Å². The standard InChI is InChI=1S/C16H19F2NO2/c1-9(13-7-11(17)5-6-14(13)18)19-8-10-3-2-4-12(10)15(19)16(20)21/h5-7,9-10,12,15H,2-4,8H2,1H3,(H,20,21). The Balaban J connectivity index is 1.91. The molecule has 0 amide bonds. The molecular weight excluding hydrogens is 276 g/mol. The quantitative estimate of drug-likeness (QED) is 0.931. The van der Waals surface area contributed by atoms with E-state index in [2.05, 4.69) is 0 Å². The maximum absolute atomic E-state index is 14.0. The van der Waals surface area contributed by atoms with Crippen molar-refractivity contribution in [3.63, 3.8) is 0 Å². The molecule has 3 rings (SSSR count). The number of carboxylic acid groups (broad SMARTS) is 1. The smallest absolute Gasteiger partial charge is 0.321 e. The van der Waals surface area contributed by atoms with Crippen molar-refractivity contribution in [3.8, 4) is 0 Å². The highest BCUT2D eigenvalue weighted by Crippen LogP contribution is 2.45. The molecule has 4 unspecified atom stereocenters. The van der Waals surface area contributed by atoms with Crippen LogP contribution in [-0.2, 0) is 4.79 Å². The number of benzene rings is 1. The van der Waals surface area contributed by atoms with E-state index in [4.69, 9.17) is 0 Å². The van der Waals surface area contributed by atoms with Gasteiger partial charge in [-0.3, -0.25) is 9.69 Å². The van der Waals surface area contributed by atoms with Crippen LogP contribution >= 0.6 is 0 Å². The Morgan fingerprint density at radius 3 is 2.86 bits per heavy atom. The van der Waals surface area contributed by atoms with E-state index in [1.54, 1.807) is 6.92 Å². The monoisotopic (exact) mass is 295 g/mol. The molecule has 0 aromatic heterocycles. The Hall–Kier alpha value is -1.49. The lowest BCUT2D eigenvalue weighted by Crippen LogP contribution is -2.41. The number of carboxylic acids is 1. The summed E-state index contributed by atoms with van der Waals surface area (Å²) >= 11 is 0. The van der Waals surface area contributed by atoms with E-state index in [1.807, 2.05) is 4.90 Å². The molecule has 1 heterocycles. The Bertz CT molecular complexity index is 563. The topological polar surface area (TPSA) is 40.5 Å². The summed E-state index contributed by atoms with van der Waals surface area (Å²) in [7, 11) is 0. The molecule has 3 nitrogen and oxygen atoms in total. The van der Waals surface area contributed by atoms with Crippen molar-refractivity contribution in [3.05, 3.63) is 35.4 Å². The highest BCUT2D eigenvalue weighted by Gasteiger charge is 2.49. The highest BCUT2D eigenvalue weighted by atomic mass is 19.1. The lowest BCUT2D eigenvalue weighted by molar-refractivity contribution is -0.144. The average molecular weight is 295 g/mol. The summed E-state index contributed by atoms with van der Waals surface area (Å²) in [5.74, 6) is -1.32. The van der Waals surface area contributed by atoms with Gasteiger partial charge in [-0.1, -0.05) is 6.42 Å². The first-order valence-corrected chi connectivity index (χ1v) is 7.42. The first-order chi connectivity index (χ1) is 9.99. The molecule has 4 atom stereocenters. The van der Waals surface area contributed by atoms with Crippen LogP contribution in [0.1, 0.15) is 37.8 Å². The number of aliphatic carboxylic acids is 1. The Morgan fingerprint density at radius 1 is 1.38 bits per heavy atom. The van der Waals surface area contributed by atoms with E-state index in [1.165, 1.54) is 6.07 Å². The van der Waals surface area contributed by atoms with Crippen LogP contribution in [0.15, 0.2) is 18.2 Å². The summed E-state index contributed by atoms with van der Waals surface area (Å²) in [6.45, 7) is 2.41. The molecule has 1 N–H and O–H groups in total. The minimum atomic E-state index is -0.854. The predicted molar refractivity (Wildman–Crippen MR) is 73.7 cm³/mol. The summed E-state index contributed by atoms with van der Waals surface area (Å²) in [6, 6.07) is 2.34. The van der Waals surface area contributed by atoms with Gasteiger partial charge in [-0.25, -0.2) is 8.78 Å². The average Bonchev–Trinajstić information content (AvgIpc) is 3.00. The molecule has 2 aliphatic rings. The van der Waals surface area contributed by atoms with Gasteiger partial charge in [-0.2, -0.15) is 0 Å². The van der Waals surface area contributed by atoms with E-state index >= 15 is 0 Å². The summed E-state index contributed by atoms with van der Waals surface area (Å²) in [5, 5.41) is 9.54. The fourth-order valence-electron chi connectivity index (χ4n) is 4.08. The van der Waals surface area contributed by atoms with Gasteiger partial charge in [-0.15, -0.1) is 0 Å². The minimum Gasteiger partial charge on any atom is -0.480 e. The third-order valence-electron chi connectivity index (χ3n) is 5.08. The van der Waals surface area contributed by atoms with Crippen LogP contribution in [0.4, 0.5) is 8.78 Å². The molecular formula is C16H19F2NO2. The third-order valence-corrected chi connectivity index (χ3v) is 5.08. The van der Waals surface area contributed by atoms with E-state index in [9.17, 15) is 18.7 Å². The molecule has 1 aromatic carbocycles. The number of carbonyl (C=O) groups is 1. The molecule has 114 valence electrons. The fourth-order valence-corrected chi connectivity index (χ4v) is 4.08. The second kappa shape index (κ2) is 5.37. The Kier molecular flexibility index (Phi) is 3.69. The molecule has 5 heteroatoms. The van der Waals surface area contributed by atoms with Crippen LogP contribution in [0.5, 0.6) is 0 Å². The largest absolute Gasteiger partial charge is 0.480 e. The van der Waals surface area contributed by atoms with Gasteiger partial charge in [0.1, 0.15) is 17.7 Å². The summed E-state index contributed by atoms with van der Waals surface area (Å²) in [4.78, 5) is 13.5. The zero-order chi connectivity index (χ0) is 15.1. The lowest BCUT2D eigenvalue weighted by Gasteiger charge is -2.30. The van der Waals surface area contributed by atoms with E-state index in [-0.39, 0.29) is 11.5 Å². The van der Waals surface area contributed by atoms with Crippen LogP contribution in [0, 0.1) is 23.5 Å². The lowest BCUT2D eigenvalue weighted by atomic mass is 9.94. The van der Waals surface area contributed by atoms with Crippen molar-refractivity contribution in [2.75, 3.05) is 6.54 Å². The first kappa shape index (κ1) is 14.4.